The highest BCUT2D eigenvalue weighted by atomic mass is 16.1. The summed E-state index contributed by atoms with van der Waals surface area (Å²) in [6, 6.07) is 15.3. The Morgan fingerprint density at radius 2 is 1.74 bits per heavy atom. The lowest BCUT2D eigenvalue weighted by atomic mass is 10.1. The summed E-state index contributed by atoms with van der Waals surface area (Å²) in [5.74, 6) is 0.674. The molecule has 0 bridgehead atoms. The molecule has 0 saturated heterocycles. The number of benzene rings is 2. The van der Waals surface area contributed by atoms with Crippen molar-refractivity contribution < 1.29 is 0 Å². The Balaban J connectivity index is 2.15. The van der Waals surface area contributed by atoms with E-state index in [1.54, 1.807) is 10.8 Å². The maximum Gasteiger partial charge on any atom is 0.265 e. The van der Waals surface area contributed by atoms with Crippen molar-refractivity contribution in [1.29, 1.82) is 0 Å². The Morgan fingerprint density at radius 1 is 0.913 bits per heavy atom. The fourth-order valence-corrected chi connectivity index (χ4v) is 3.01. The molecule has 0 N–H and O–H groups in total. The molecule has 0 unspecified atom stereocenters. The van der Waals surface area contributed by atoms with Gasteiger partial charge in [-0.25, -0.2) is 4.98 Å². The average molecular weight is 301 g/mol. The summed E-state index contributed by atoms with van der Waals surface area (Å²) in [5.41, 5.74) is 3.42. The van der Waals surface area contributed by atoms with Crippen molar-refractivity contribution >= 4 is 21.8 Å². The molecule has 4 heteroatoms. The fourth-order valence-electron chi connectivity index (χ4n) is 3.01. The fraction of sp³-hybridized carbons (Fsp3) is 0.105. The van der Waals surface area contributed by atoms with Crippen LogP contribution in [0.3, 0.4) is 0 Å². The number of pyridine rings is 1. The van der Waals surface area contributed by atoms with E-state index in [0.717, 1.165) is 22.2 Å². The quantitative estimate of drug-likeness (QED) is 0.505. The van der Waals surface area contributed by atoms with Gasteiger partial charge in [0.05, 0.1) is 22.1 Å². The SMILES string of the molecule is Cc1ccccc1-n1c(C)nc2c(ccc3ncccc32)c1=O. The van der Waals surface area contributed by atoms with Gasteiger partial charge in [0, 0.05) is 11.6 Å². The molecule has 0 aliphatic carbocycles. The number of fused-ring (bicyclic) bond motifs is 3. The molecular weight excluding hydrogens is 286 g/mol. The first kappa shape index (κ1) is 13.6. The number of hydrogen-bond acceptors (Lipinski definition) is 3. The summed E-state index contributed by atoms with van der Waals surface area (Å²) in [7, 11) is 0. The summed E-state index contributed by atoms with van der Waals surface area (Å²) < 4.78 is 1.68. The van der Waals surface area contributed by atoms with Crippen LogP contribution in [0, 0.1) is 13.8 Å². The van der Waals surface area contributed by atoms with Crippen molar-refractivity contribution in [3.8, 4) is 5.69 Å². The van der Waals surface area contributed by atoms with Gasteiger partial charge in [-0.05, 0) is 49.7 Å². The molecule has 0 atom stereocenters. The van der Waals surface area contributed by atoms with Crippen LogP contribution < -0.4 is 5.56 Å². The number of hydrogen-bond donors (Lipinski definition) is 0. The second-order valence-corrected chi connectivity index (χ2v) is 5.62. The Morgan fingerprint density at radius 3 is 2.57 bits per heavy atom. The van der Waals surface area contributed by atoms with E-state index in [-0.39, 0.29) is 5.56 Å². The standard InChI is InChI=1S/C19H15N3O/c1-12-6-3-4-8-17(12)22-13(2)21-18-14-7-5-11-20-16(14)10-9-15(18)19(22)23/h3-11H,1-2H3. The normalized spacial score (nSPS) is 11.2. The van der Waals surface area contributed by atoms with Crippen LogP contribution in [0.1, 0.15) is 11.4 Å². The molecule has 0 amide bonds. The van der Waals surface area contributed by atoms with Gasteiger partial charge in [-0.2, -0.15) is 0 Å². The van der Waals surface area contributed by atoms with Crippen molar-refractivity contribution in [3.05, 3.63) is 76.5 Å². The van der Waals surface area contributed by atoms with E-state index in [4.69, 9.17) is 4.98 Å². The molecule has 23 heavy (non-hydrogen) atoms. The highest BCUT2D eigenvalue weighted by molar-refractivity contribution is 6.03. The van der Waals surface area contributed by atoms with Crippen molar-refractivity contribution in [3.63, 3.8) is 0 Å². The summed E-state index contributed by atoms with van der Waals surface area (Å²) in [6.07, 6.45) is 1.75. The van der Waals surface area contributed by atoms with Gasteiger partial charge in [0.2, 0.25) is 0 Å². The largest absolute Gasteiger partial charge is 0.268 e. The summed E-state index contributed by atoms with van der Waals surface area (Å²) >= 11 is 0. The third-order valence-corrected chi connectivity index (χ3v) is 4.14. The second-order valence-electron chi connectivity index (χ2n) is 5.62. The van der Waals surface area contributed by atoms with E-state index in [0.29, 0.717) is 16.7 Å². The number of para-hydroxylation sites is 1. The molecule has 0 fully saturated rings. The molecule has 0 spiro atoms. The van der Waals surface area contributed by atoms with Crippen LogP contribution in [0.25, 0.3) is 27.5 Å². The molecule has 4 aromatic rings. The first-order valence-electron chi connectivity index (χ1n) is 7.50. The Labute approximate surface area is 133 Å². The zero-order valence-electron chi connectivity index (χ0n) is 12.9. The third kappa shape index (κ3) is 2.03. The Bertz CT molecular complexity index is 1110. The average Bonchev–Trinajstić information content (AvgIpc) is 2.56. The third-order valence-electron chi connectivity index (χ3n) is 4.14. The monoisotopic (exact) mass is 301 g/mol. The zero-order chi connectivity index (χ0) is 16.0. The minimum absolute atomic E-state index is 0.0486. The van der Waals surface area contributed by atoms with Crippen LogP contribution in [0.4, 0.5) is 0 Å². The molecule has 0 aliphatic rings. The highest BCUT2D eigenvalue weighted by Crippen LogP contribution is 2.22. The molecule has 4 rings (SSSR count). The van der Waals surface area contributed by atoms with Crippen molar-refractivity contribution in [2.75, 3.05) is 0 Å². The lowest BCUT2D eigenvalue weighted by Gasteiger charge is -2.13. The smallest absolute Gasteiger partial charge is 0.265 e. The molecule has 0 radical (unpaired) electrons. The molecule has 2 aromatic heterocycles. The highest BCUT2D eigenvalue weighted by Gasteiger charge is 2.13. The molecule has 0 saturated carbocycles. The van der Waals surface area contributed by atoms with Gasteiger partial charge in [-0.1, -0.05) is 18.2 Å². The minimum Gasteiger partial charge on any atom is -0.268 e. The Hall–Kier alpha value is -3.01. The lowest BCUT2D eigenvalue weighted by molar-refractivity contribution is 0.889. The van der Waals surface area contributed by atoms with Gasteiger partial charge in [-0.3, -0.25) is 14.3 Å². The van der Waals surface area contributed by atoms with Gasteiger partial charge < -0.3 is 0 Å². The molecular formula is C19H15N3O. The summed E-state index contributed by atoms with van der Waals surface area (Å²) in [5, 5.41) is 1.52. The van der Waals surface area contributed by atoms with Gasteiger partial charge >= 0.3 is 0 Å². The van der Waals surface area contributed by atoms with Crippen LogP contribution in [0.5, 0.6) is 0 Å². The minimum atomic E-state index is -0.0486. The molecule has 4 nitrogen and oxygen atoms in total. The number of rotatable bonds is 1. The second kappa shape index (κ2) is 5.02. The van der Waals surface area contributed by atoms with E-state index in [1.807, 2.05) is 62.4 Å². The van der Waals surface area contributed by atoms with Gasteiger partial charge in [0.15, 0.2) is 0 Å². The van der Waals surface area contributed by atoms with E-state index in [9.17, 15) is 4.79 Å². The maximum atomic E-state index is 13.0. The van der Waals surface area contributed by atoms with Crippen LogP contribution in [-0.2, 0) is 0 Å². The number of nitrogens with zero attached hydrogens (tertiary/aromatic N) is 3. The predicted molar refractivity (Wildman–Crippen MR) is 92.1 cm³/mol. The van der Waals surface area contributed by atoms with Crippen LogP contribution in [-0.4, -0.2) is 14.5 Å². The first-order chi connectivity index (χ1) is 11.2. The molecule has 112 valence electrons. The van der Waals surface area contributed by atoms with Crippen LogP contribution in [0.15, 0.2) is 59.5 Å². The van der Waals surface area contributed by atoms with E-state index >= 15 is 0 Å². The molecule has 2 aromatic carbocycles. The van der Waals surface area contributed by atoms with E-state index in [1.165, 1.54) is 0 Å². The number of aromatic nitrogens is 3. The summed E-state index contributed by atoms with van der Waals surface area (Å²) in [4.78, 5) is 22.1. The molecule has 2 heterocycles. The van der Waals surface area contributed by atoms with Gasteiger partial charge in [-0.15, -0.1) is 0 Å². The topological polar surface area (TPSA) is 47.8 Å². The summed E-state index contributed by atoms with van der Waals surface area (Å²) in [6.45, 7) is 3.86. The van der Waals surface area contributed by atoms with Gasteiger partial charge in [0.1, 0.15) is 5.82 Å². The lowest BCUT2D eigenvalue weighted by Crippen LogP contribution is -2.23. The maximum absolute atomic E-state index is 13.0. The zero-order valence-corrected chi connectivity index (χ0v) is 12.9. The van der Waals surface area contributed by atoms with E-state index in [2.05, 4.69) is 4.98 Å². The van der Waals surface area contributed by atoms with E-state index < -0.39 is 0 Å². The van der Waals surface area contributed by atoms with Crippen LogP contribution in [0.2, 0.25) is 0 Å². The van der Waals surface area contributed by atoms with Crippen molar-refractivity contribution in [1.82, 2.24) is 14.5 Å². The Kier molecular flexibility index (Phi) is 2.98. The van der Waals surface area contributed by atoms with Crippen molar-refractivity contribution in [2.45, 2.75) is 13.8 Å². The molecule has 0 aliphatic heterocycles. The van der Waals surface area contributed by atoms with Crippen molar-refractivity contribution in [2.24, 2.45) is 0 Å². The van der Waals surface area contributed by atoms with Gasteiger partial charge in [0.25, 0.3) is 5.56 Å². The predicted octanol–water partition coefficient (Wildman–Crippen LogP) is 3.55. The van der Waals surface area contributed by atoms with Crippen LogP contribution >= 0.6 is 0 Å². The number of aryl methyl sites for hydroxylation is 2. The first-order valence-corrected chi connectivity index (χ1v) is 7.50.